The monoisotopic (exact) mass is 470 g/mol. The van der Waals surface area contributed by atoms with Crippen molar-refractivity contribution in [3.8, 4) is 0 Å². The molecule has 0 aliphatic carbocycles. The van der Waals surface area contributed by atoms with E-state index in [1.54, 1.807) is 16.5 Å². The van der Waals surface area contributed by atoms with E-state index in [1.165, 1.54) is 12.3 Å². The number of aromatic nitrogens is 5. The highest BCUT2D eigenvalue weighted by atomic mass is 35.5. The molecule has 0 atom stereocenters. The van der Waals surface area contributed by atoms with Crippen molar-refractivity contribution in [1.82, 2.24) is 34.9 Å². The topological polar surface area (TPSA) is 121 Å². The summed E-state index contributed by atoms with van der Waals surface area (Å²) in [4.78, 5) is 34.9. The van der Waals surface area contributed by atoms with E-state index in [4.69, 9.17) is 16.6 Å². The number of amides is 2. The summed E-state index contributed by atoms with van der Waals surface area (Å²) in [6.07, 6.45) is 2.81. The number of hydrogen-bond acceptors (Lipinski definition) is 6. The van der Waals surface area contributed by atoms with Crippen LogP contribution in [0.1, 0.15) is 42.8 Å². The maximum atomic E-state index is 12.6. The third kappa shape index (κ3) is 4.43. The zero-order chi connectivity index (χ0) is 23.9. The first-order valence-corrected chi connectivity index (χ1v) is 11.0. The van der Waals surface area contributed by atoms with Crippen LogP contribution in [-0.2, 0) is 23.8 Å². The van der Waals surface area contributed by atoms with E-state index < -0.39 is 0 Å². The van der Waals surface area contributed by atoms with E-state index in [-0.39, 0.29) is 23.3 Å². The molecule has 174 valence electrons. The van der Waals surface area contributed by atoms with Gasteiger partial charge in [-0.3, -0.25) is 14.7 Å². The second kappa shape index (κ2) is 8.51. The number of aromatic amines is 1. The fourth-order valence-electron chi connectivity index (χ4n) is 3.70. The van der Waals surface area contributed by atoms with Crippen LogP contribution in [0.25, 0.3) is 11.0 Å². The van der Waals surface area contributed by atoms with Gasteiger partial charge in [0.2, 0.25) is 5.91 Å². The fraction of sp³-hybridized carbons (Fsp3) is 0.409. The summed E-state index contributed by atoms with van der Waals surface area (Å²) in [6.45, 7) is 10.9. The molecule has 1 fully saturated rings. The van der Waals surface area contributed by atoms with Crippen molar-refractivity contribution in [1.29, 1.82) is 0 Å². The van der Waals surface area contributed by atoms with Gasteiger partial charge >= 0.3 is 0 Å². The van der Waals surface area contributed by atoms with Crippen LogP contribution in [-0.4, -0.2) is 60.6 Å². The van der Waals surface area contributed by atoms with Crippen LogP contribution in [0.3, 0.4) is 0 Å². The number of H-pyrrole nitrogens is 1. The number of imidazole rings is 1. The molecule has 0 aromatic carbocycles. The second-order valence-electron chi connectivity index (χ2n) is 9.13. The molecule has 0 spiro atoms. The summed E-state index contributed by atoms with van der Waals surface area (Å²) < 4.78 is 1.73. The summed E-state index contributed by atoms with van der Waals surface area (Å²) in [5.74, 6) is 0.885. The molecule has 1 aliphatic rings. The molecule has 0 saturated carbocycles. The molecule has 0 radical (unpaired) electrons. The van der Waals surface area contributed by atoms with Crippen molar-refractivity contribution in [3.63, 3.8) is 0 Å². The normalized spacial score (nSPS) is 14.3. The number of fused-ring (bicyclic) bond motifs is 1. The highest BCUT2D eigenvalue weighted by molar-refractivity contribution is 6.32. The number of carbonyl (C=O) groups is 2. The average Bonchev–Trinajstić information content (AvgIpc) is 3.29. The first-order valence-electron chi connectivity index (χ1n) is 10.6. The van der Waals surface area contributed by atoms with Crippen LogP contribution in [0.4, 0.5) is 5.82 Å². The van der Waals surface area contributed by atoms with Crippen molar-refractivity contribution in [2.75, 3.05) is 18.4 Å². The zero-order valence-corrected chi connectivity index (χ0v) is 19.8. The lowest BCUT2D eigenvalue weighted by Crippen LogP contribution is -2.60. The maximum Gasteiger partial charge on any atom is 0.269 e. The number of pyridine rings is 1. The van der Waals surface area contributed by atoms with Gasteiger partial charge in [0.15, 0.2) is 5.82 Å². The van der Waals surface area contributed by atoms with E-state index in [0.717, 1.165) is 11.2 Å². The van der Waals surface area contributed by atoms with E-state index in [9.17, 15) is 9.59 Å². The molecule has 2 amide bonds. The predicted molar refractivity (Wildman–Crippen MR) is 126 cm³/mol. The van der Waals surface area contributed by atoms with Gasteiger partial charge in [-0.1, -0.05) is 39.0 Å². The van der Waals surface area contributed by atoms with Crippen LogP contribution in [0.2, 0.25) is 5.02 Å². The average molecular weight is 471 g/mol. The van der Waals surface area contributed by atoms with Gasteiger partial charge < -0.3 is 20.1 Å². The molecule has 4 rings (SSSR count). The summed E-state index contributed by atoms with van der Waals surface area (Å²) in [7, 11) is 1.78. The Labute approximate surface area is 196 Å². The van der Waals surface area contributed by atoms with Crippen molar-refractivity contribution < 1.29 is 9.59 Å². The molecular weight excluding hydrogens is 444 g/mol. The van der Waals surface area contributed by atoms with E-state index in [2.05, 4.69) is 53.2 Å². The van der Waals surface area contributed by atoms with Crippen molar-refractivity contribution >= 4 is 40.3 Å². The smallest absolute Gasteiger partial charge is 0.269 e. The van der Waals surface area contributed by atoms with Gasteiger partial charge in [0.1, 0.15) is 17.0 Å². The Morgan fingerprint density at radius 2 is 2.09 bits per heavy atom. The number of likely N-dealkylation sites (tertiary alicyclic amines) is 1. The van der Waals surface area contributed by atoms with Crippen LogP contribution in [0.15, 0.2) is 24.9 Å². The third-order valence-corrected chi connectivity index (χ3v) is 5.92. The van der Waals surface area contributed by atoms with Crippen LogP contribution < -0.4 is 10.6 Å². The van der Waals surface area contributed by atoms with Gasteiger partial charge in [-0.15, -0.1) is 0 Å². The van der Waals surface area contributed by atoms with Crippen LogP contribution in [0, 0.1) is 0 Å². The molecule has 1 saturated heterocycles. The lowest BCUT2D eigenvalue weighted by atomic mass is 9.91. The Morgan fingerprint density at radius 3 is 2.76 bits per heavy atom. The fourth-order valence-corrected chi connectivity index (χ4v) is 4.13. The zero-order valence-electron chi connectivity index (χ0n) is 19.1. The Balaban J connectivity index is 1.43. The molecule has 1 aliphatic heterocycles. The standard InChI is InChI=1S/C22H27ClN8O2/c1-6-17(32)31-10-12(11-31)26-21(33)15-8-24-16(30(15)5)9-25-20-18-14(28-29-20)7-13(23)19(27-18)22(2,3)4/h6-8,12H,1,9-11H2,2-5H3,(H,26,33)(H2,25,28,29). The lowest BCUT2D eigenvalue weighted by molar-refractivity contribution is -0.130. The van der Waals surface area contributed by atoms with E-state index in [1.807, 2.05) is 6.07 Å². The molecule has 0 bridgehead atoms. The highest BCUT2D eigenvalue weighted by Gasteiger charge is 2.31. The maximum absolute atomic E-state index is 12.6. The van der Waals surface area contributed by atoms with Gasteiger partial charge in [-0.25, -0.2) is 9.97 Å². The minimum Gasteiger partial charge on any atom is -0.360 e. The summed E-state index contributed by atoms with van der Waals surface area (Å²) in [5, 5.41) is 14.0. The lowest BCUT2D eigenvalue weighted by Gasteiger charge is -2.38. The first-order chi connectivity index (χ1) is 15.6. The second-order valence-corrected chi connectivity index (χ2v) is 9.53. The number of halogens is 1. The van der Waals surface area contributed by atoms with Gasteiger partial charge in [-0.05, 0) is 12.1 Å². The quantitative estimate of drug-likeness (QED) is 0.475. The van der Waals surface area contributed by atoms with Crippen LogP contribution >= 0.6 is 11.6 Å². The molecule has 3 aromatic heterocycles. The number of hydrogen-bond donors (Lipinski definition) is 3. The Kier molecular flexibility index (Phi) is 5.87. The minimum absolute atomic E-state index is 0.0804. The number of rotatable bonds is 6. The number of anilines is 1. The first kappa shape index (κ1) is 22.8. The van der Waals surface area contributed by atoms with E-state index >= 15 is 0 Å². The number of nitrogens with zero attached hydrogens (tertiary/aromatic N) is 5. The molecule has 11 heteroatoms. The number of carbonyl (C=O) groups excluding carboxylic acids is 2. The summed E-state index contributed by atoms with van der Waals surface area (Å²) >= 11 is 6.40. The summed E-state index contributed by atoms with van der Waals surface area (Å²) in [6, 6.07) is 1.75. The number of nitrogens with one attached hydrogen (secondary N) is 3. The third-order valence-electron chi connectivity index (χ3n) is 5.63. The largest absolute Gasteiger partial charge is 0.360 e. The molecule has 33 heavy (non-hydrogen) atoms. The Hall–Kier alpha value is -3.40. The molecular formula is C22H27ClN8O2. The van der Waals surface area contributed by atoms with Gasteiger partial charge in [0.05, 0.1) is 35.0 Å². The van der Waals surface area contributed by atoms with E-state index in [0.29, 0.717) is 47.5 Å². The molecule has 10 nitrogen and oxygen atoms in total. The Bertz CT molecular complexity index is 1230. The van der Waals surface area contributed by atoms with Gasteiger partial charge in [0.25, 0.3) is 5.91 Å². The van der Waals surface area contributed by atoms with Crippen molar-refractivity contribution in [2.24, 2.45) is 7.05 Å². The molecule has 0 unspecified atom stereocenters. The van der Waals surface area contributed by atoms with Gasteiger partial charge in [-0.2, -0.15) is 5.10 Å². The Morgan fingerprint density at radius 1 is 1.36 bits per heavy atom. The van der Waals surface area contributed by atoms with Crippen LogP contribution in [0.5, 0.6) is 0 Å². The minimum atomic E-state index is -0.233. The predicted octanol–water partition coefficient (Wildman–Crippen LogP) is 2.38. The molecule has 3 aromatic rings. The van der Waals surface area contributed by atoms with Crippen molar-refractivity contribution in [3.05, 3.63) is 47.2 Å². The summed E-state index contributed by atoms with van der Waals surface area (Å²) in [5.41, 5.74) is 2.45. The SMILES string of the molecule is C=CC(=O)N1CC(NC(=O)c2cnc(CNc3n[nH]c4cc(Cl)c(C(C)(C)C)nc34)n2C)C1. The van der Waals surface area contributed by atoms with Gasteiger partial charge in [0, 0.05) is 25.6 Å². The highest BCUT2D eigenvalue weighted by Crippen LogP contribution is 2.31. The molecule has 3 N–H and O–H groups in total. The molecule has 4 heterocycles. The van der Waals surface area contributed by atoms with Crippen molar-refractivity contribution in [2.45, 2.75) is 38.8 Å².